The van der Waals surface area contributed by atoms with Crippen molar-refractivity contribution in [1.82, 2.24) is 0 Å². The largest absolute Gasteiger partial charge is 0.377 e. The van der Waals surface area contributed by atoms with Gasteiger partial charge in [0.05, 0.1) is 17.5 Å². The fourth-order valence-electron chi connectivity index (χ4n) is 2.83. The zero-order valence-electron chi connectivity index (χ0n) is 12.9. The summed E-state index contributed by atoms with van der Waals surface area (Å²) >= 11 is 0. The molecular formula is C18H21NO3S. The van der Waals surface area contributed by atoms with Gasteiger partial charge in [0.1, 0.15) is 0 Å². The van der Waals surface area contributed by atoms with E-state index < -0.39 is 10.0 Å². The summed E-state index contributed by atoms with van der Waals surface area (Å²) in [6.45, 7) is 0.654. The number of anilines is 1. The average molecular weight is 331 g/mol. The number of rotatable bonds is 5. The predicted octanol–water partition coefficient (Wildman–Crippen LogP) is 3.66. The van der Waals surface area contributed by atoms with Gasteiger partial charge >= 0.3 is 0 Å². The summed E-state index contributed by atoms with van der Waals surface area (Å²) in [4.78, 5) is 0. The SMILES string of the molecule is O=S(=O)(CC1CCCCO1)Nc1ccccc1-c1ccccc1. The Balaban J connectivity index is 1.79. The lowest BCUT2D eigenvalue weighted by molar-refractivity contribution is 0.0306. The van der Waals surface area contributed by atoms with Crippen LogP contribution in [0.2, 0.25) is 0 Å². The molecule has 2 aromatic rings. The van der Waals surface area contributed by atoms with E-state index in [0.717, 1.165) is 30.4 Å². The molecule has 23 heavy (non-hydrogen) atoms. The molecule has 0 amide bonds. The van der Waals surface area contributed by atoms with Crippen molar-refractivity contribution in [3.63, 3.8) is 0 Å². The van der Waals surface area contributed by atoms with Crippen LogP contribution >= 0.6 is 0 Å². The van der Waals surface area contributed by atoms with Gasteiger partial charge < -0.3 is 4.74 Å². The Morgan fingerprint density at radius 3 is 2.48 bits per heavy atom. The number of hydrogen-bond acceptors (Lipinski definition) is 3. The molecule has 0 radical (unpaired) electrons. The summed E-state index contributed by atoms with van der Waals surface area (Å²) < 4.78 is 33.2. The highest BCUT2D eigenvalue weighted by molar-refractivity contribution is 7.92. The first-order valence-electron chi connectivity index (χ1n) is 7.91. The lowest BCUT2D eigenvalue weighted by atomic mass is 10.0. The second-order valence-corrected chi connectivity index (χ2v) is 7.55. The molecule has 1 saturated heterocycles. The summed E-state index contributed by atoms with van der Waals surface area (Å²) in [5.74, 6) is 0.0100. The molecule has 122 valence electrons. The molecule has 0 spiro atoms. The van der Waals surface area contributed by atoms with Crippen LogP contribution in [0.1, 0.15) is 19.3 Å². The van der Waals surface area contributed by atoms with Gasteiger partial charge in [-0.25, -0.2) is 8.42 Å². The third-order valence-electron chi connectivity index (χ3n) is 3.96. The number of para-hydroxylation sites is 1. The molecule has 0 bridgehead atoms. The van der Waals surface area contributed by atoms with Crippen LogP contribution in [0.15, 0.2) is 54.6 Å². The van der Waals surface area contributed by atoms with Crippen molar-refractivity contribution < 1.29 is 13.2 Å². The summed E-state index contributed by atoms with van der Waals surface area (Å²) in [7, 11) is -3.44. The monoisotopic (exact) mass is 331 g/mol. The minimum atomic E-state index is -3.44. The Kier molecular flexibility index (Phi) is 4.98. The molecule has 1 unspecified atom stereocenters. The van der Waals surface area contributed by atoms with Crippen LogP contribution < -0.4 is 4.72 Å². The van der Waals surface area contributed by atoms with Gasteiger partial charge in [-0.15, -0.1) is 0 Å². The molecule has 0 saturated carbocycles. The molecule has 1 heterocycles. The van der Waals surface area contributed by atoms with E-state index in [-0.39, 0.29) is 11.9 Å². The second-order valence-electron chi connectivity index (χ2n) is 5.78. The Labute approximate surface area is 137 Å². The molecule has 1 atom stereocenters. The van der Waals surface area contributed by atoms with Gasteiger partial charge in [0.2, 0.25) is 10.0 Å². The molecule has 2 aromatic carbocycles. The van der Waals surface area contributed by atoms with Crippen molar-refractivity contribution in [3.8, 4) is 11.1 Å². The summed E-state index contributed by atoms with van der Waals surface area (Å²) in [5.41, 5.74) is 2.47. The highest BCUT2D eigenvalue weighted by Crippen LogP contribution is 2.28. The maximum absolute atomic E-state index is 12.5. The molecule has 1 aliphatic heterocycles. The zero-order valence-corrected chi connectivity index (χ0v) is 13.8. The number of hydrogen-bond donors (Lipinski definition) is 1. The number of sulfonamides is 1. The third kappa shape index (κ3) is 4.33. The first kappa shape index (κ1) is 16.0. The van der Waals surface area contributed by atoms with Crippen molar-refractivity contribution in [3.05, 3.63) is 54.6 Å². The quantitative estimate of drug-likeness (QED) is 0.909. The van der Waals surface area contributed by atoms with Crippen molar-refractivity contribution in [2.45, 2.75) is 25.4 Å². The predicted molar refractivity (Wildman–Crippen MR) is 92.9 cm³/mol. The van der Waals surface area contributed by atoms with Gasteiger partial charge in [-0.1, -0.05) is 48.5 Å². The van der Waals surface area contributed by atoms with Crippen LogP contribution in [0.4, 0.5) is 5.69 Å². The van der Waals surface area contributed by atoms with E-state index in [9.17, 15) is 8.42 Å². The lowest BCUT2D eigenvalue weighted by Crippen LogP contribution is -2.31. The van der Waals surface area contributed by atoms with E-state index in [1.807, 2.05) is 48.5 Å². The molecule has 1 fully saturated rings. The topological polar surface area (TPSA) is 55.4 Å². The van der Waals surface area contributed by atoms with Crippen LogP contribution in [0.3, 0.4) is 0 Å². The summed E-state index contributed by atoms with van der Waals surface area (Å²) in [6.07, 6.45) is 2.65. The first-order chi connectivity index (χ1) is 11.1. The van der Waals surface area contributed by atoms with Crippen LogP contribution in [0.5, 0.6) is 0 Å². The highest BCUT2D eigenvalue weighted by atomic mass is 32.2. The minimum absolute atomic E-state index is 0.0100. The first-order valence-corrected chi connectivity index (χ1v) is 9.56. The highest BCUT2D eigenvalue weighted by Gasteiger charge is 2.22. The Hall–Kier alpha value is -1.85. The average Bonchev–Trinajstić information content (AvgIpc) is 2.56. The Morgan fingerprint density at radius 1 is 1.00 bits per heavy atom. The van der Waals surface area contributed by atoms with Crippen molar-refractivity contribution in [2.24, 2.45) is 0 Å². The van der Waals surface area contributed by atoms with Crippen LogP contribution in [0.25, 0.3) is 11.1 Å². The molecule has 1 N–H and O–H groups in total. The Morgan fingerprint density at radius 2 is 1.74 bits per heavy atom. The van der Waals surface area contributed by atoms with E-state index in [1.165, 1.54) is 0 Å². The van der Waals surface area contributed by atoms with Crippen molar-refractivity contribution in [2.75, 3.05) is 17.1 Å². The van der Waals surface area contributed by atoms with Gasteiger partial charge in [-0.2, -0.15) is 0 Å². The maximum atomic E-state index is 12.5. The van der Waals surface area contributed by atoms with Crippen molar-refractivity contribution in [1.29, 1.82) is 0 Å². The van der Waals surface area contributed by atoms with Crippen LogP contribution in [0, 0.1) is 0 Å². The molecule has 4 nitrogen and oxygen atoms in total. The number of nitrogens with one attached hydrogen (secondary N) is 1. The van der Waals surface area contributed by atoms with Gasteiger partial charge in [-0.3, -0.25) is 4.72 Å². The van der Waals surface area contributed by atoms with Crippen LogP contribution in [-0.2, 0) is 14.8 Å². The smallest absolute Gasteiger partial charge is 0.235 e. The summed E-state index contributed by atoms with van der Waals surface area (Å²) in [5, 5.41) is 0. The van der Waals surface area contributed by atoms with Gasteiger partial charge in [0, 0.05) is 12.2 Å². The molecule has 0 aliphatic carbocycles. The maximum Gasteiger partial charge on any atom is 0.235 e. The number of ether oxygens (including phenoxy) is 1. The van der Waals surface area contributed by atoms with E-state index in [4.69, 9.17) is 4.74 Å². The second kappa shape index (κ2) is 7.15. The van der Waals surface area contributed by atoms with Gasteiger partial charge in [0.25, 0.3) is 0 Å². The van der Waals surface area contributed by atoms with Crippen molar-refractivity contribution >= 4 is 15.7 Å². The van der Waals surface area contributed by atoms with Gasteiger partial charge in [-0.05, 0) is 30.9 Å². The molecule has 5 heteroatoms. The van der Waals surface area contributed by atoms with E-state index in [1.54, 1.807) is 6.07 Å². The molecule has 0 aromatic heterocycles. The summed E-state index contributed by atoms with van der Waals surface area (Å²) in [6, 6.07) is 17.2. The normalized spacial score (nSPS) is 18.5. The minimum Gasteiger partial charge on any atom is -0.377 e. The third-order valence-corrected chi connectivity index (χ3v) is 5.30. The van der Waals surface area contributed by atoms with Crippen LogP contribution in [-0.4, -0.2) is 26.9 Å². The zero-order chi connectivity index (χ0) is 16.1. The fraction of sp³-hybridized carbons (Fsp3) is 0.333. The number of benzene rings is 2. The molecular weight excluding hydrogens is 310 g/mol. The lowest BCUT2D eigenvalue weighted by Gasteiger charge is -2.23. The van der Waals surface area contributed by atoms with E-state index in [0.29, 0.717) is 12.3 Å². The molecule has 3 rings (SSSR count). The van der Waals surface area contributed by atoms with E-state index in [2.05, 4.69) is 4.72 Å². The Bertz CT molecular complexity index is 738. The van der Waals surface area contributed by atoms with E-state index >= 15 is 0 Å². The van der Waals surface area contributed by atoms with Gasteiger partial charge in [0.15, 0.2) is 0 Å². The molecule has 1 aliphatic rings. The standard InChI is InChI=1S/C18H21NO3S/c20-23(21,14-16-10-6-7-13-22-16)19-18-12-5-4-11-17(18)15-8-2-1-3-9-15/h1-5,8-9,11-12,16,19H,6-7,10,13-14H2. The fourth-order valence-corrected chi connectivity index (χ4v) is 4.18.